The molecule has 36 heavy (non-hydrogen) atoms. The summed E-state index contributed by atoms with van der Waals surface area (Å²) in [7, 11) is 0. The van der Waals surface area contributed by atoms with Crippen LogP contribution in [-0.2, 0) is 12.8 Å². The Morgan fingerprint density at radius 3 is 1.14 bits per heavy atom. The van der Waals surface area contributed by atoms with Crippen molar-refractivity contribution < 1.29 is 0 Å². The first-order valence-corrected chi connectivity index (χ1v) is 14.3. The molecule has 0 N–H and O–H groups in total. The fourth-order valence-electron chi connectivity index (χ4n) is 4.76. The van der Waals surface area contributed by atoms with E-state index >= 15 is 0 Å². The zero-order chi connectivity index (χ0) is 27.4. The molecule has 3 aromatic rings. The van der Waals surface area contributed by atoms with E-state index in [9.17, 15) is 0 Å². The van der Waals surface area contributed by atoms with Crippen LogP contribution in [0.3, 0.4) is 0 Å². The average Bonchev–Trinajstić information content (AvgIpc) is 3.21. The van der Waals surface area contributed by atoms with E-state index in [-0.39, 0.29) is 5.41 Å². The molecule has 0 heterocycles. The predicted molar refractivity (Wildman–Crippen MR) is 164 cm³/mol. The molecule has 0 spiro atoms. The summed E-state index contributed by atoms with van der Waals surface area (Å²) < 4.78 is 0. The minimum Gasteiger partial charge on any atom is -0.0683 e. The van der Waals surface area contributed by atoms with Crippen LogP contribution in [0, 0.1) is 10.8 Å². The molecule has 0 atom stereocenters. The molecule has 5 rings (SSSR count). The summed E-state index contributed by atoms with van der Waals surface area (Å²) in [4.78, 5) is 0. The molecule has 2 aliphatic carbocycles. The second-order valence-corrected chi connectivity index (χ2v) is 11.9. The topological polar surface area (TPSA) is 0 Å². The lowest BCUT2D eigenvalue weighted by molar-refractivity contribution is 0.363. The zero-order valence-electron chi connectivity index (χ0n) is 25.3. The number of fused-ring (bicyclic) bond motifs is 4. The molecule has 2 aliphatic rings. The number of aryl methyl sites for hydroxylation is 2. The van der Waals surface area contributed by atoms with Crippen LogP contribution in [0.2, 0.25) is 0 Å². The normalized spacial score (nSPS) is 13.4. The van der Waals surface area contributed by atoms with Crippen LogP contribution in [0.25, 0.3) is 11.1 Å². The summed E-state index contributed by atoms with van der Waals surface area (Å²) >= 11 is 0. The average molecular weight is 487 g/mol. The zero-order valence-corrected chi connectivity index (χ0v) is 25.3. The van der Waals surface area contributed by atoms with Crippen molar-refractivity contribution in [3.05, 3.63) is 95.1 Å². The lowest BCUT2D eigenvalue weighted by Gasteiger charge is -2.29. The van der Waals surface area contributed by atoms with Gasteiger partial charge in [-0.3, -0.25) is 0 Å². The van der Waals surface area contributed by atoms with E-state index in [4.69, 9.17) is 0 Å². The Morgan fingerprint density at radius 2 is 0.806 bits per heavy atom. The van der Waals surface area contributed by atoms with E-state index in [2.05, 4.69) is 121 Å². The Morgan fingerprint density at radius 1 is 0.500 bits per heavy atom. The Labute approximate surface area is 224 Å². The quantitative estimate of drug-likeness (QED) is 0.296. The number of benzene rings is 3. The number of rotatable bonds is 0. The first-order valence-electron chi connectivity index (χ1n) is 14.3. The maximum absolute atomic E-state index is 2.33. The van der Waals surface area contributed by atoms with Gasteiger partial charge in [-0.2, -0.15) is 0 Å². The van der Waals surface area contributed by atoms with Crippen LogP contribution >= 0.6 is 0 Å². The third kappa shape index (κ3) is 9.61. The fraction of sp³-hybridized carbons (Fsp3) is 0.500. The molecule has 0 aliphatic heterocycles. The van der Waals surface area contributed by atoms with Gasteiger partial charge in [0.2, 0.25) is 0 Å². The van der Waals surface area contributed by atoms with E-state index in [0.717, 1.165) is 0 Å². The predicted octanol–water partition coefficient (Wildman–Crippen LogP) is 11.5. The summed E-state index contributed by atoms with van der Waals surface area (Å²) in [6.45, 7) is 23.7. The van der Waals surface area contributed by atoms with Crippen molar-refractivity contribution in [3.63, 3.8) is 0 Å². The standard InChI is InChI=1S/C17H18.C10H12.C5H12.2C2H6/c1-17(2,3)16-14-10-6-4-8-12(14)13-9-5-7-11-15(13)16;1-2-6-10-8-4-3-7-9(10)5-1;1-5(2,3)4;2*1-2/h4-11,16H,1-3H3;1-2,5-6H,3-4,7-8H2;1-4H3;2*1-2H3. The first kappa shape index (κ1) is 31.7. The molecule has 0 aromatic heterocycles. The monoisotopic (exact) mass is 486 g/mol. The highest BCUT2D eigenvalue weighted by molar-refractivity contribution is 5.79. The third-order valence-electron chi connectivity index (χ3n) is 5.96. The van der Waals surface area contributed by atoms with Gasteiger partial charge in [0, 0.05) is 5.92 Å². The maximum atomic E-state index is 2.33. The Balaban J connectivity index is 0.000000290. The number of hydrogen-bond donors (Lipinski definition) is 0. The van der Waals surface area contributed by atoms with Crippen LogP contribution in [0.15, 0.2) is 72.8 Å². The van der Waals surface area contributed by atoms with Crippen molar-refractivity contribution in [1.29, 1.82) is 0 Å². The summed E-state index contributed by atoms with van der Waals surface area (Å²) in [5.41, 5.74) is 9.74. The van der Waals surface area contributed by atoms with Crippen molar-refractivity contribution in [2.45, 2.75) is 108 Å². The fourth-order valence-corrected chi connectivity index (χ4v) is 4.76. The van der Waals surface area contributed by atoms with Crippen LogP contribution in [0.5, 0.6) is 0 Å². The van der Waals surface area contributed by atoms with E-state index < -0.39 is 0 Å². The summed E-state index contributed by atoms with van der Waals surface area (Å²) in [5, 5.41) is 0. The molecule has 3 aromatic carbocycles. The number of hydrogen-bond acceptors (Lipinski definition) is 0. The van der Waals surface area contributed by atoms with Gasteiger partial charge >= 0.3 is 0 Å². The first-order chi connectivity index (χ1) is 17.1. The third-order valence-corrected chi connectivity index (χ3v) is 5.96. The molecule has 198 valence electrons. The summed E-state index contributed by atoms with van der Waals surface area (Å²) in [6, 6.07) is 26.5. The van der Waals surface area contributed by atoms with Gasteiger partial charge in [0.15, 0.2) is 0 Å². The Hall–Kier alpha value is -2.34. The molecule has 0 bridgehead atoms. The Kier molecular flexibility index (Phi) is 13.2. The molecule has 0 fully saturated rings. The van der Waals surface area contributed by atoms with Crippen molar-refractivity contribution in [3.8, 4) is 11.1 Å². The van der Waals surface area contributed by atoms with Gasteiger partial charge in [-0.15, -0.1) is 0 Å². The van der Waals surface area contributed by atoms with E-state index in [0.29, 0.717) is 11.3 Å². The molecule has 0 radical (unpaired) electrons. The van der Waals surface area contributed by atoms with Gasteiger partial charge in [-0.05, 0) is 69.9 Å². The molecule has 0 saturated heterocycles. The SMILES string of the molecule is CC.CC.CC(C)(C)C.CC(C)(C)C1c2ccccc2-c2ccccc21.c1ccc2c(c1)CCCC2. The van der Waals surface area contributed by atoms with Gasteiger partial charge < -0.3 is 0 Å². The maximum Gasteiger partial charge on any atom is 0.0150 e. The van der Waals surface area contributed by atoms with Crippen molar-refractivity contribution in [1.82, 2.24) is 0 Å². The van der Waals surface area contributed by atoms with E-state index in [1.54, 1.807) is 11.1 Å². The molecule has 0 heteroatoms. The summed E-state index contributed by atoms with van der Waals surface area (Å²) in [6.07, 6.45) is 5.38. The molecule has 0 saturated carbocycles. The van der Waals surface area contributed by atoms with Crippen LogP contribution in [-0.4, -0.2) is 0 Å². The molecule has 0 nitrogen and oxygen atoms in total. The van der Waals surface area contributed by atoms with E-state index in [1.165, 1.54) is 47.9 Å². The smallest absolute Gasteiger partial charge is 0.0150 e. The van der Waals surface area contributed by atoms with Crippen molar-refractivity contribution in [2.75, 3.05) is 0 Å². The highest BCUT2D eigenvalue weighted by Gasteiger charge is 2.35. The molecule has 0 unspecified atom stereocenters. The highest BCUT2D eigenvalue weighted by Crippen LogP contribution is 2.52. The van der Waals surface area contributed by atoms with E-state index in [1.807, 2.05) is 27.7 Å². The van der Waals surface area contributed by atoms with Crippen LogP contribution < -0.4 is 0 Å². The second kappa shape index (κ2) is 15.0. The Bertz CT molecular complexity index is 934. The van der Waals surface area contributed by atoms with Gasteiger partial charge in [-0.25, -0.2) is 0 Å². The van der Waals surface area contributed by atoms with Crippen LogP contribution in [0.4, 0.5) is 0 Å². The summed E-state index contributed by atoms with van der Waals surface area (Å²) in [5.74, 6) is 0.523. The molecular formula is C36H54. The highest BCUT2D eigenvalue weighted by atomic mass is 14.4. The molecular weight excluding hydrogens is 432 g/mol. The van der Waals surface area contributed by atoms with Gasteiger partial charge in [-0.1, -0.05) is 149 Å². The lowest BCUT2D eigenvalue weighted by atomic mass is 9.75. The second-order valence-electron chi connectivity index (χ2n) is 11.9. The largest absolute Gasteiger partial charge is 0.0683 e. The van der Waals surface area contributed by atoms with Gasteiger partial charge in [0.1, 0.15) is 0 Å². The van der Waals surface area contributed by atoms with Crippen molar-refractivity contribution >= 4 is 0 Å². The van der Waals surface area contributed by atoms with Gasteiger partial charge in [0.05, 0.1) is 0 Å². The molecule has 0 amide bonds. The van der Waals surface area contributed by atoms with Crippen LogP contribution in [0.1, 0.15) is 117 Å². The van der Waals surface area contributed by atoms with Gasteiger partial charge in [0.25, 0.3) is 0 Å². The lowest BCUT2D eigenvalue weighted by Crippen LogP contribution is -2.17. The van der Waals surface area contributed by atoms with Crippen molar-refractivity contribution in [2.24, 2.45) is 10.8 Å². The minimum absolute atomic E-state index is 0.267. The minimum atomic E-state index is 0.267.